The molecule has 0 spiro atoms. The van der Waals surface area contributed by atoms with Crippen molar-refractivity contribution >= 4 is 21.8 Å². The number of sulfonamides is 1. The lowest BCUT2D eigenvalue weighted by Crippen LogP contribution is -2.48. The summed E-state index contributed by atoms with van der Waals surface area (Å²) in [7, 11) is -3.96. The number of nitriles is 1. The summed E-state index contributed by atoms with van der Waals surface area (Å²) in [5.74, 6) is -1.38. The molecule has 0 saturated heterocycles. The Morgan fingerprint density at radius 1 is 1.17 bits per heavy atom. The number of nitrogens with zero attached hydrogens (tertiary/aromatic N) is 1. The van der Waals surface area contributed by atoms with E-state index in [1.165, 1.54) is 31.2 Å². The largest absolute Gasteiger partial charge is 0.366 e. The average Bonchev–Trinajstić information content (AvgIpc) is 2.51. The Labute approximate surface area is 141 Å². The van der Waals surface area contributed by atoms with Crippen LogP contribution in [0.25, 0.3) is 0 Å². The highest BCUT2D eigenvalue weighted by molar-refractivity contribution is 7.89. The SMILES string of the molecule is CC(C)[C@@H](C#N)NC(=O)[C@H](C)NS(=O)(=O)c1ccc(C(N)=O)cc1. The second-order valence-electron chi connectivity index (χ2n) is 5.59. The zero-order chi connectivity index (χ0) is 18.5. The van der Waals surface area contributed by atoms with E-state index in [-0.39, 0.29) is 16.4 Å². The summed E-state index contributed by atoms with van der Waals surface area (Å²) in [6.45, 7) is 4.91. The maximum absolute atomic E-state index is 12.2. The first-order chi connectivity index (χ1) is 11.1. The molecule has 0 aliphatic rings. The van der Waals surface area contributed by atoms with Crippen LogP contribution >= 0.6 is 0 Å². The van der Waals surface area contributed by atoms with Crippen molar-refractivity contribution in [2.24, 2.45) is 11.7 Å². The maximum atomic E-state index is 12.2. The zero-order valence-electron chi connectivity index (χ0n) is 13.6. The van der Waals surface area contributed by atoms with Gasteiger partial charge in [0.15, 0.2) is 0 Å². The topological polar surface area (TPSA) is 142 Å². The van der Waals surface area contributed by atoms with E-state index in [9.17, 15) is 18.0 Å². The Kier molecular flexibility index (Phi) is 6.45. The third-order valence-electron chi connectivity index (χ3n) is 3.28. The van der Waals surface area contributed by atoms with Crippen LogP contribution in [0.5, 0.6) is 0 Å². The molecule has 0 fully saturated rings. The smallest absolute Gasteiger partial charge is 0.248 e. The molecule has 130 valence electrons. The minimum absolute atomic E-state index is 0.104. The summed E-state index contributed by atoms with van der Waals surface area (Å²) in [6.07, 6.45) is 0. The lowest BCUT2D eigenvalue weighted by atomic mass is 10.1. The van der Waals surface area contributed by atoms with Gasteiger partial charge in [0, 0.05) is 5.56 Å². The predicted octanol–water partition coefficient (Wildman–Crippen LogP) is 0.117. The van der Waals surface area contributed by atoms with E-state index in [0.29, 0.717) is 0 Å². The van der Waals surface area contributed by atoms with Gasteiger partial charge >= 0.3 is 0 Å². The van der Waals surface area contributed by atoms with Crippen molar-refractivity contribution in [1.82, 2.24) is 10.0 Å². The minimum atomic E-state index is -3.96. The van der Waals surface area contributed by atoms with Crippen molar-refractivity contribution < 1.29 is 18.0 Å². The molecule has 1 aromatic rings. The van der Waals surface area contributed by atoms with Gasteiger partial charge in [0.05, 0.1) is 17.0 Å². The summed E-state index contributed by atoms with van der Waals surface area (Å²) in [6, 6.07) is 5.18. The number of carbonyl (C=O) groups excluding carboxylic acids is 2. The summed E-state index contributed by atoms with van der Waals surface area (Å²) in [4.78, 5) is 22.9. The summed E-state index contributed by atoms with van der Waals surface area (Å²) in [5.41, 5.74) is 5.27. The molecule has 24 heavy (non-hydrogen) atoms. The molecular formula is C15H20N4O4S. The Balaban J connectivity index is 2.84. The molecule has 4 N–H and O–H groups in total. The fourth-order valence-electron chi connectivity index (χ4n) is 1.78. The van der Waals surface area contributed by atoms with Crippen LogP contribution in [0, 0.1) is 17.2 Å². The second kappa shape index (κ2) is 7.90. The monoisotopic (exact) mass is 352 g/mol. The van der Waals surface area contributed by atoms with Crippen LogP contribution in [0.1, 0.15) is 31.1 Å². The standard InChI is InChI=1S/C15H20N4O4S/c1-9(2)13(8-16)18-15(21)10(3)19-24(22,23)12-6-4-11(5-7-12)14(17)20/h4-7,9-10,13,19H,1-3H3,(H2,17,20)(H,18,21)/t10-,13+/m0/s1. The second-order valence-corrected chi connectivity index (χ2v) is 7.30. The molecule has 0 saturated carbocycles. The number of primary amides is 1. The number of amides is 2. The molecule has 9 heteroatoms. The fourth-order valence-corrected chi connectivity index (χ4v) is 2.98. The molecule has 0 heterocycles. The van der Waals surface area contributed by atoms with E-state index >= 15 is 0 Å². The fraction of sp³-hybridized carbons (Fsp3) is 0.400. The Bertz CT molecular complexity index is 751. The maximum Gasteiger partial charge on any atom is 0.248 e. The van der Waals surface area contributed by atoms with Gasteiger partial charge < -0.3 is 11.1 Å². The van der Waals surface area contributed by atoms with Gasteiger partial charge in [-0.3, -0.25) is 9.59 Å². The molecule has 1 aromatic carbocycles. The Morgan fingerprint density at radius 3 is 2.12 bits per heavy atom. The van der Waals surface area contributed by atoms with Crippen molar-refractivity contribution in [3.8, 4) is 6.07 Å². The minimum Gasteiger partial charge on any atom is -0.366 e. The lowest BCUT2D eigenvalue weighted by Gasteiger charge is -2.19. The summed E-state index contributed by atoms with van der Waals surface area (Å²) < 4.78 is 26.7. The first-order valence-corrected chi connectivity index (χ1v) is 8.69. The number of carbonyl (C=O) groups is 2. The third kappa shape index (κ3) is 5.04. The van der Waals surface area contributed by atoms with E-state index in [1.54, 1.807) is 13.8 Å². The van der Waals surface area contributed by atoms with E-state index in [0.717, 1.165) is 0 Å². The van der Waals surface area contributed by atoms with Gasteiger partial charge in [0.1, 0.15) is 6.04 Å². The third-order valence-corrected chi connectivity index (χ3v) is 4.83. The van der Waals surface area contributed by atoms with E-state index in [4.69, 9.17) is 11.0 Å². The zero-order valence-corrected chi connectivity index (χ0v) is 14.4. The van der Waals surface area contributed by atoms with Gasteiger partial charge in [-0.05, 0) is 37.1 Å². The summed E-state index contributed by atoms with van der Waals surface area (Å²) >= 11 is 0. The van der Waals surface area contributed by atoms with Crippen LogP contribution < -0.4 is 15.8 Å². The van der Waals surface area contributed by atoms with E-state index in [1.807, 2.05) is 6.07 Å². The van der Waals surface area contributed by atoms with Crippen LogP contribution in [-0.2, 0) is 14.8 Å². The molecule has 1 rings (SSSR count). The highest BCUT2D eigenvalue weighted by atomic mass is 32.2. The Morgan fingerprint density at radius 2 is 1.71 bits per heavy atom. The molecule has 2 amide bonds. The van der Waals surface area contributed by atoms with Crippen molar-refractivity contribution in [2.75, 3.05) is 0 Å². The van der Waals surface area contributed by atoms with E-state index in [2.05, 4.69) is 10.0 Å². The number of rotatable bonds is 7. The first-order valence-electron chi connectivity index (χ1n) is 7.20. The number of hydrogen-bond acceptors (Lipinski definition) is 5. The van der Waals surface area contributed by atoms with Crippen molar-refractivity contribution in [2.45, 2.75) is 37.8 Å². The number of hydrogen-bond donors (Lipinski definition) is 3. The molecule has 0 aromatic heterocycles. The van der Waals surface area contributed by atoms with Gasteiger partial charge in [0.2, 0.25) is 21.8 Å². The van der Waals surface area contributed by atoms with Gasteiger partial charge in [-0.1, -0.05) is 13.8 Å². The van der Waals surface area contributed by atoms with Crippen LogP contribution in [0.15, 0.2) is 29.2 Å². The van der Waals surface area contributed by atoms with Gasteiger partial charge in [-0.15, -0.1) is 0 Å². The molecule has 0 unspecified atom stereocenters. The first kappa shape index (κ1) is 19.6. The van der Waals surface area contributed by atoms with Crippen molar-refractivity contribution in [3.05, 3.63) is 29.8 Å². The number of benzene rings is 1. The van der Waals surface area contributed by atoms with Crippen LogP contribution in [0.4, 0.5) is 0 Å². The average molecular weight is 352 g/mol. The lowest BCUT2D eigenvalue weighted by molar-refractivity contribution is -0.122. The quantitative estimate of drug-likeness (QED) is 0.638. The van der Waals surface area contributed by atoms with Gasteiger partial charge in [-0.2, -0.15) is 9.98 Å². The molecule has 2 atom stereocenters. The number of nitrogens with one attached hydrogen (secondary N) is 2. The van der Waals surface area contributed by atoms with Crippen LogP contribution in [0.2, 0.25) is 0 Å². The molecule has 0 radical (unpaired) electrons. The van der Waals surface area contributed by atoms with Crippen molar-refractivity contribution in [3.63, 3.8) is 0 Å². The molecule has 0 aliphatic heterocycles. The van der Waals surface area contributed by atoms with Gasteiger partial charge in [0.25, 0.3) is 0 Å². The highest BCUT2D eigenvalue weighted by Gasteiger charge is 2.24. The summed E-state index contributed by atoms with van der Waals surface area (Å²) in [5, 5.41) is 11.4. The normalized spacial score (nSPS) is 13.8. The highest BCUT2D eigenvalue weighted by Crippen LogP contribution is 2.11. The predicted molar refractivity (Wildman–Crippen MR) is 87.1 cm³/mol. The number of nitrogens with two attached hydrogens (primary N) is 1. The Hall–Kier alpha value is -2.44. The molecule has 8 nitrogen and oxygen atoms in total. The van der Waals surface area contributed by atoms with Crippen molar-refractivity contribution in [1.29, 1.82) is 5.26 Å². The van der Waals surface area contributed by atoms with Crippen LogP contribution in [0.3, 0.4) is 0 Å². The van der Waals surface area contributed by atoms with Crippen LogP contribution in [-0.4, -0.2) is 32.3 Å². The molecule has 0 bridgehead atoms. The van der Waals surface area contributed by atoms with E-state index < -0.39 is 33.9 Å². The molecule has 0 aliphatic carbocycles. The van der Waals surface area contributed by atoms with Gasteiger partial charge in [-0.25, -0.2) is 8.42 Å². The molecular weight excluding hydrogens is 332 g/mol.